The molecule has 0 saturated heterocycles. The van der Waals surface area contributed by atoms with Crippen LogP contribution >= 0.6 is 0 Å². The predicted molar refractivity (Wildman–Crippen MR) is 110 cm³/mol. The van der Waals surface area contributed by atoms with Gasteiger partial charge in [-0.05, 0) is 48.7 Å². The third kappa shape index (κ3) is 7.27. The monoisotopic (exact) mass is 372 g/mol. The molecule has 0 spiro atoms. The van der Waals surface area contributed by atoms with Gasteiger partial charge in [-0.2, -0.15) is 0 Å². The molecular formula is C21H29FN4O. The topological polar surface area (TPSA) is 57.7 Å². The Morgan fingerprint density at radius 1 is 1.07 bits per heavy atom. The smallest absolute Gasteiger partial charge is 0.191 e. The fourth-order valence-electron chi connectivity index (χ4n) is 2.47. The minimum atomic E-state index is -0.195. The highest BCUT2D eigenvalue weighted by atomic mass is 19.1. The van der Waals surface area contributed by atoms with Crippen LogP contribution in [0.5, 0.6) is 0 Å². The molecule has 3 N–H and O–H groups in total. The second-order valence-corrected chi connectivity index (χ2v) is 6.25. The van der Waals surface area contributed by atoms with Crippen LogP contribution < -0.4 is 16.0 Å². The lowest BCUT2D eigenvalue weighted by Gasteiger charge is -2.12. The second kappa shape index (κ2) is 11.2. The molecule has 0 aliphatic heterocycles. The minimum Gasteiger partial charge on any atom is -0.383 e. The van der Waals surface area contributed by atoms with E-state index in [1.165, 1.54) is 6.07 Å². The Morgan fingerprint density at radius 2 is 1.81 bits per heavy atom. The number of rotatable bonds is 9. The highest BCUT2D eigenvalue weighted by molar-refractivity contribution is 5.79. The molecule has 5 nitrogen and oxygen atoms in total. The number of hydrogen-bond acceptors (Lipinski definition) is 3. The number of anilines is 1. The molecule has 27 heavy (non-hydrogen) atoms. The normalized spacial score (nSPS) is 11.3. The number of nitrogens with zero attached hydrogens (tertiary/aromatic N) is 1. The molecule has 0 amide bonds. The number of benzene rings is 2. The summed E-state index contributed by atoms with van der Waals surface area (Å²) in [5, 5.41) is 9.82. The Balaban J connectivity index is 1.90. The van der Waals surface area contributed by atoms with Crippen molar-refractivity contribution in [2.24, 2.45) is 4.99 Å². The van der Waals surface area contributed by atoms with Crippen LogP contribution in [0.2, 0.25) is 0 Å². The van der Waals surface area contributed by atoms with Crippen LogP contribution in [0.4, 0.5) is 10.1 Å². The molecular weight excluding hydrogens is 343 g/mol. The van der Waals surface area contributed by atoms with Crippen molar-refractivity contribution in [2.45, 2.75) is 26.9 Å². The van der Waals surface area contributed by atoms with Crippen LogP contribution in [0, 0.1) is 12.7 Å². The highest BCUT2D eigenvalue weighted by Gasteiger charge is 2.02. The van der Waals surface area contributed by atoms with Gasteiger partial charge < -0.3 is 20.7 Å². The standard InChI is InChI=1S/C21H29FN4O/c1-4-23-21(26-15-18-6-5-16(2)20(22)13-18)25-14-17-7-9-19(10-8-17)24-11-12-27-3/h5-10,13,24H,4,11-12,14-15H2,1-3H3,(H2,23,25,26). The van der Waals surface area contributed by atoms with E-state index in [-0.39, 0.29) is 5.82 Å². The number of aliphatic imine (C=N–C) groups is 1. The fraction of sp³-hybridized carbons (Fsp3) is 0.381. The molecule has 6 heteroatoms. The van der Waals surface area contributed by atoms with E-state index < -0.39 is 0 Å². The molecule has 146 valence electrons. The van der Waals surface area contributed by atoms with Crippen LogP contribution in [-0.4, -0.2) is 32.8 Å². The van der Waals surface area contributed by atoms with Crippen LogP contribution in [0.1, 0.15) is 23.6 Å². The first-order valence-corrected chi connectivity index (χ1v) is 9.21. The first-order valence-electron chi connectivity index (χ1n) is 9.21. The quantitative estimate of drug-likeness (QED) is 0.359. The summed E-state index contributed by atoms with van der Waals surface area (Å²) in [5.41, 5.74) is 3.71. The molecule has 0 bridgehead atoms. The number of methoxy groups -OCH3 is 1. The molecule has 0 aliphatic carbocycles. The first-order chi connectivity index (χ1) is 13.1. The zero-order valence-electron chi connectivity index (χ0n) is 16.3. The van der Waals surface area contributed by atoms with E-state index in [1.54, 1.807) is 20.1 Å². The Hall–Kier alpha value is -2.60. The molecule has 2 aromatic rings. The van der Waals surface area contributed by atoms with Gasteiger partial charge in [-0.3, -0.25) is 0 Å². The molecule has 0 heterocycles. The number of halogens is 1. The Kier molecular flexibility index (Phi) is 8.58. The summed E-state index contributed by atoms with van der Waals surface area (Å²) >= 11 is 0. The van der Waals surface area contributed by atoms with Gasteiger partial charge in [-0.1, -0.05) is 24.3 Å². The fourth-order valence-corrected chi connectivity index (χ4v) is 2.47. The molecule has 2 aromatic carbocycles. The molecule has 0 unspecified atom stereocenters. The SMILES string of the molecule is CCNC(=NCc1ccc(C)c(F)c1)NCc1ccc(NCCOC)cc1. The number of ether oxygens (including phenoxy) is 1. The lowest BCUT2D eigenvalue weighted by atomic mass is 10.1. The average molecular weight is 372 g/mol. The van der Waals surface area contributed by atoms with Gasteiger partial charge in [0.1, 0.15) is 5.82 Å². The van der Waals surface area contributed by atoms with Gasteiger partial charge in [0.15, 0.2) is 5.96 Å². The van der Waals surface area contributed by atoms with Gasteiger partial charge in [-0.15, -0.1) is 0 Å². The van der Waals surface area contributed by atoms with Gasteiger partial charge in [0, 0.05) is 32.4 Å². The molecule has 0 fully saturated rings. The van der Waals surface area contributed by atoms with Crippen molar-refractivity contribution in [2.75, 3.05) is 32.1 Å². The van der Waals surface area contributed by atoms with Gasteiger partial charge in [0.05, 0.1) is 13.2 Å². The third-order valence-electron chi connectivity index (χ3n) is 4.05. The molecule has 0 atom stereocenters. The van der Waals surface area contributed by atoms with E-state index in [0.717, 1.165) is 29.9 Å². The van der Waals surface area contributed by atoms with Crippen LogP contribution in [-0.2, 0) is 17.8 Å². The molecule has 2 rings (SSSR count). The predicted octanol–water partition coefficient (Wildman–Crippen LogP) is 3.45. The van der Waals surface area contributed by atoms with E-state index in [2.05, 4.69) is 33.1 Å². The molecule has 0 saturated carbocycles. The summed E-state index contributed by atoms with van der Waals surface area (Å²) in [4.78, 5) is 4.54. The Bertz CT molecular complexity index is 731. The first kappa shape index (κ1) is 20.7. The Morgan fingerprint density at radius 3 is 2.48 bits per heavy atom. The molecule has 0 aliphatic rings. The number of guanidine groups is 1. The van der Waals surface area contributed by atoms with Crippen molar-refractivity contribution in [1.82, 2.24) is 10.6 Å². The van der Waals surface area contributed by atoms with Crippen LogP contribution in [0.15, 0.2) is 47.5 Å². The van der Waals surface area contributed by atoms with E-state index in [1.807, 2.05) is 25.1 Å². The second-order valence-electron chi connectivity index (χ2n) is 6.25. The van der Waals surface area contributed by atoms with Gasteiger partial charge in [0.25, 0.3) is 0 Å². The maximum atomic E-state index is 13.7. The van der Waals surface area contributed by atoms with E-state index in [4.69, 9.17) is 4.74 Å². The van der Waals surface area contributed by atoms with Crippen molar-refractivity contribution >= 4 is 11.6 Å². The van der Waals surface area contributed by atoms with E-state index in [0.29, 0.717) is 31.2 Å². The average Bonchev–Trinajstić information content (AvgIpc) is 2.68. The van der Waals surface area contributed by atoms with Gasteiger partial charge in [0.2, 0.25) is 0 Å². The van der Waals surface area contributed by atoms with Crippen LogP contribution in [0.3, 0.4) is 0 Å². The van der Waals surface area contributed by atoms with E-state index >= 15 is 0 Å². The third-order valence-corrected chi connectivity index (χ3v) is 4.05. The summed E-state index contributed by atoms with van der Waals surface area (Å²) in [7, 11) is 1.69. The van der Waals surface area contributed by atoms with Crippen molar-refractivity contribution < 1.29 is 9.13 Å². The van der Waals surface area contributed by atoms with Crippen molar-refractivity contribution in [3.63, 3.8) is 0 Å². The van der Waals surface area contributed by atoms with Crippen molar-refractivity contribution in [3.05, 3.63) is 65.0 Å². The summed E-state index contributed by atoms with van der Waals surface area (Å²) < 4.78 is 18.7. The van der Waals surface area contributed by atoms with Gasteiger partial charge >= 0.3 is 0 Å². The van der Waals surface area contributed by atoms with E-state index in [9.17, 15) is 4.39 Å². The summed E-state index contributed by atoms with van der Waals surface area (Å²) in [6, 6.07) is 13.5. The van der Waals surface area contributed by atoms with Crippen molar-refractivity contribution in [1.29, 1.82) is 0 Å². The number of nitrogens with one attached hydrogen (secondary N) is 3. The summed E-state index contributed by atoms with van der Waals surface area (Å²) in [6.07, 6.45) is 0. The lowest BCUT2D eigenvalue weighted by molar-refractivity contribution is 0.211. The summed E-state index contributed by atoms with van der Waals surface area (Å²) in [5.74, 6) is 0.514. The van der Waals surface area contributed by atoms with Crippen molar-refractivity contribution in [3.8, 4) is 0 Å². The van der Waals surface area contributed by atoms with Crippen LogP contribution in [0.25, 0.3) is 0 Å². The minimum absolute atomic E-state index is 0.195. The largest absolute Gasteiger partial charge is 0.383 e. The maximum Gasteiger partial charge on any atom is 0.191 e. The maximum absolute atomic E-state index is 13.7. The lowest BCUT2D eigenvalue weighted by Crippen LogP contribution is -2.36. The zero-order chi connectivity index (χ0) is 19.5. The summed E-state index contributed by atoms with van der Waals surface area (Å²) in [6.45, 7) is 7.08. The Labute approximate surface area is 161 Å². The highest BCUT2D eigenvalue weighted by Crippen LogP contribution is 2.11. The van der Waals surface area contributed by atoms with Gasteiger partial charge in [-0.25, -0.2) is 9.38 Å². The number of aryl methyl sites for hydroxylation is 1. The zero-order valence-corrected chi connectivity index (χ0v) is 16.3. The number of hydrogen-bond donors (Lipinski definition) is 3. The molecule has 0 radical (unpaired) electrons. The molecule has 0 aromatic heterocycles.